The second-order valence-electron chi connectivity index (χ2n) is 8.27. The van der Waals surface area contributed by atoms with Crippen LogP contribution < -0.4 is 0 Å². The molecular formula is C21H23NO4. The van der Waals surface area contributed by atoms with Crippen LogP contribution in [0.25, 0.3) is 0 Å². The minimum absolute atomic E-state index is 0.109. The number of esters is 1. The highest BCUT2D eigenvalue weighted by Crippen LogP contribution is 2.80. The number of benzene rings is 1. The summed E-state index contributed by atoms with van der Waals surface area (Å²) in [6, 6.07) is 10.9. The van der Waals surface area contributed by atoms with Crippen LogP contribution in [0.15, 0.2) is 42.5 Å². The van der Waals surface area contributed by atoms with Crippen LogP contribution in [-0.2, 0) is 9.47 Å². The monoisotopic (exact) mass is 353 g/mol. The van der Waals surface area contributed by atoms with E-state index < -0.39 is 22.6 Å². The topological polar surface area (TPSA) is 79.6 Å². The number of hydrogen-bond donors (Lipinski definition) is 1. The van der Waals surface area contributed by atoms with E-state index in [0.29, 0.717) is 18.6 Å². The summed E-state index contributed by atoms with van der Waals surface area (Å²) in [5, 5.41) is 20.6. The van der Waals surface area contributed by atoms with Crippen molar-refractivity contribution in [2.24, 2.45) is 16.7 Å². The van der Waals surface area contributed by atoms with Crippen LogP contribution in [0, 0.1) is 28.1 Å². The number of fused-ring (bicyclic) bond motifs is 1. The molecule has 5 rings (SSSR count). The van der Waals surface area contributed by atoms with Crippen LogP contribution in [-0.4, -0.2) is 35.5 Å². The van der Waals surface area contributed by atoms with Crippen molar-refractivity contribution < 1.29 is 19.4 Å². The van der Waals surface area contributed by atoms with Crippen molar-refractivity contribution in [2.75, 3.05) is 13.2 Å². The van der Waals surface area contributed by atoms with Crippen molar-refractivity contribution in [1.82, 2.24) is 0 Å². The molecule has 1 heterocycles. The van der Waals surface area contributed by atoms with Crippen molar-refractivity contribution in [2.45, 2.75) is 37.9 Å². The van der Waals surface area contributed by atoms with Crippen LogP contribution in [0.3, 0.4) is 0 Å². The third kappa shape index (κ3) is 1.79. The van der Waals surface area contributed by atoms with Crippen molar-refractivity contribution in [3.05, 3.63) is 48.0 Å². The second kappa shape index (κ2) is 5.18. The molecule has 0 aromatic heterocycles. The predicted molar refractivity (Wildman–Crippen MR) is 94.0 cm³/mol. The molecule has 1 aliphatic heterocycles. The molecule has 1 aromatic carbocycles. The van der Waals surface area contributed by atoms with Gasteiger partial charge in [-0.2, -0.15) is 5.26 Å². The highest BCUT2D eigenvalue weighted by atomic mass is 16.5. The van der Waals surface area contributed by atoms with E-state index in [1.165, 1.54) is 0 Å². The Bertz CT molecular complexity index is 830. The molecule has 4 fully saturated rings. The number of hydrogen-bond acceptors (Lipinski definition) is 5. The van der Waals surface area contributed by atoms with Gasteiger partial charge >= 0.3 is 5.97 Å². The fourth-order valence-electron chi connectivity index (χ4n) is 6.00. The van der Waals surface area contributed by atoms with Gasteiger partial charge in [-0.15, -0.1) is 0 Å². The standard InChI is InChI=1S/C21H23NO4/c1-14(2)21-9-16-19(21,12-25-17(23)15-7-5-4-6-8-15)13-26-18(21,3)10-20(16,24)11-22/h4-8,16,24H,1,9-10,12-13H2,2-3H3/t16-,18+,19-,20+,21+/m1/s1. The molecule has 5 heteroatoms. The van der Waals surface area contributed by atoms with Gasteiger partial charge in [-0.25, -0.2) is 4.79 Å². The first kappa shape index (κ1) is 17.3. The second-order valence-corrected chi connectivity index (χ2v) is 8.27. The Morgan fingerprint density at radius 2 is 2.15 bits per heavy atom. The predicted octanol–water partition coefficient (Wildman–Crippen LogP) is 2.86. The number of rotatable bonds is 4. The lowest BCUT2D eigenvalue weighted by Gasteiger charge is -2.71. The lowest BCUT2D eigenvalue weighted by molar-refractivity contribution is -0.259. The number of nitriles is 1. The van der Waals surface area contributed by atoms with Crippen molar-refractivity contribution >= 4 is 5.97 Å². The van der Waals surface area contributed by atoms with Gasteiger partial charge in [0.2, 0.25) is 0 Å². The van der Waals surface area contributed by atoms with Gasteiger partial charge in [0, 0.05) is 23.2 Å². The van der Waals surface area contributed by atoms with Crippen LogP contribution in [0.2, 0.25) is 0 Å². The summed E-state index contributed by atoms with van der Waals surface area (Å²) in [6.07, 6.45) is 0.883. The van der Waals surface area contributed by atoms with E-state index in [0.717, 1.165) is 5.57 Å². The molecule has 3 saturated carbocycles. The molecule has 4 bridgehead atoms. The number of ether oxygens (including phenoxy) is 2. The zero-order valence-corrected chi connectivity index (χ0v) is 15.1. The van der Waals surface area contributed by atoms with Crippen LogP contribution >= 0.6 is 0 Å². The summed E-state index contributed by atoms with van der Waals surface area (Å²) in [4.78, 5) is 12.5. The minimum Gasteiger partial charge on any atom is -0.461 e. The Balaban J connectivity index is 1.68. The lowest BCUT2D eigenvalue weighted by Crippen LogP contribution is -2.76. The van der Waals surface area contributed by atoms with Crippen molar-refractivity contribution in [3.63, 3.8) is 0 Å². The molecule has 1 saturated heterocycles. The van der Waals surface area contributed by atoms with Gasteiger partial charge in [-0.3, -0.25) is 0 Å². The summed E-state index contributed by atoms with van der Waals surface area (Å²) in [5.41, 5.74) is -1.70. The molecule has 4 aliphatic rings. The molecule has 0 amide bonds. The highest BCUT2D eigenvalue weighted by Gasteiger charge is 2.85. The quantitative estimate of drug-likeness (QED) is 0.511. The molecule has 3 aliphatic carbocycles. The average Bonchev–Trinajstić information content (AvgIpc) is 2.73. The molecule has 5 atom stereocenters. The van der Waals surface area contributed by atoms with E-state index in [9.17, 15) is 15.2 Å². The maximum Gasteiger partial charge on any atom is 0.338 e. The van der Waals surface area contributed by atoms with E-state index in [2.05, 4.69) is 12.6 Å². The van der Waals surface area contributed by atoms with E-state index in [1.807, 2.05) is 19.9 Å². The molecule has 1 N–H and O–H groups in total. The summed E-state index contributed by atoms with van der Waals surface area (Å²) < 4.78 is 11.8. The Hall–Kier alpha value is -2.16. The van der Waals surface area contributed by atoms with Gasteiger partial charge in [-0.1, -0.05) is 30.4 Å². The number of aliphatic hydroxyl groups is 1. The summed E-state index contributed by atoms with van der Waals surface area (Å²) in [7, 11) is 0. The highest BCUT2D eigenvalue weighted by molar-refractivity contribution is 5.89. The fraction of sp³-hybridized carbons (Fsp3) is 0.524. The third-order valence-electron chi connectivity index (χ3n) is 7.15. The first-order valence-electron chi connectivity index (χ1n) is 8.90. The van der Waals surface area contributed by atoms with Gasteiger partial charge in [0.1, 0.15) is 6.61 Å². The molecule has 1 aromatic rings. The summed E-state index contributed by atoms with van der Waals surface area (Å²) in [6.45, 7) is 8.57. The minimum atomic E-state index is -1.47. The zero-order chi connectivity index (χ0) is 18.8. The Morgan fingerprint density at radius 3 is 2.77 bits per heavy atom. The van der Waals surface area contributed by atoms with Gasteiger partial charge in [0.25, 0.3) is 0 Å². The summed E-state index contributed by atoms with van der Waals surface area (Å²) in [5.74, 6) is -0.702. The third-order valence-corrected chi connectivity index (χ3v) is 7.15. The first-order valence-corrected chi connectivity index (χ1v) is 8.90. The van der Waals surface area contributed by atoms with Crippen LogP contribution in [0.1, 0.15) is 37.0 Å². The molecular weight excluding hydrogens is 330 g/mol. The van der Waals surface area contributed by atoms with E-state index in [-0.39, 0.29) is 24.4 Å². The SMILES string of the molecule is C=C(C)[C@]12C[C@@H]3[C@@]1(COC(=O)c1ccccc1)CO[C@@]2(C)C[C@]3(O)C#N. The Morgan fingerprint density at radius 1 is 1.46 bits per heavy atom. The van der Waals surface area contributed by atoms with E-state index in [4.69, 9.17) is 9.47 Å². The van der Waals surface area contributed by atoms with Crippen LogP contribution in [0.4, 0.5) is 0 Å². The fourth-order valence-corrected chi connectivity index (χ4v) is 6.00. The number of carbonyl (C=O) groups excluding carboxylic acids is 1. The maximum absolute atomic E-state index is 12.5. The Kier molecular flexibility index (Phi) is 3.44. The lowest BCUT2D eigenvalue weighted by atomic mass is 9.31. The maximum atomic E-state index is 12.5. The normalized spacial score (nSPS) is 42.5. The van der Waals surface area contributed by atoms with Gasteiger partial charge in [-0.05, 0) is 32.4 Å². The first-order chi connectivity index (χ1) is 12.2. The smallest absolute Gasteiger partial charge is 0.338 e. The summed E-state index contributed by atoms with van der Waals surface area (Å²) >= 11 is 0. The molecule has 26 heavy (non-hydrogen) atoms. The molecule has 0 spiro atoms. The van der Waals surface area contributed by atoms with E-state index in [1.54, 1.807) is 24.3 Å². The van der Waals surface area contributed by atoms with Gasteiger partial charge in [0.05, 0.1) is 23.8 Å². The van der Waals surface area contributed by atoms with E-state index >= 15 is 0 Å². The molecule has 136 valence electrons. The van der Waals surface area contributed by atoms with Crippen molar-refractivity contribution in [3.8, 4) is 6.07 Å². The average molecular weight is 353 g/mol. The number of nitrogens with zero attached hydrogens (tertiary/aromatic N) is 1. The largest absolute Gasteiger partial charge is 0.461 e. The van der Waals surface area contributed by atoms with Crippen LogP contribution in [0.5, 0.6) is 0 Å². The van der Waals surface area contributed by atoms with Crippen molar-refractivity contribution in [1.29, 1.82) is 5.26 Å². The molecule has 0 radical (unpaired) electrons. The Labute approximate surface area is 153 Å². The van der Waals surface area contributed by atoms with Gasteiger partial charge in [0.15, 0.2) is 5.60 Å². The zero-order valence-electron chi connectivity index (χ0n) is 15.1. The van der Waals surface area contributed by atoms with Gasteiger partial charge < -0.3 is 14.6 Å². The number of carbonyl (C=O) groups is 1. The molecule has 0 unspecified atom stereocenters. The molecule has 5 nitrogen and oxygen atoms in total.